The molecular weight excluding hydrogens is 166 g/mol. The molecule has 1 atom stereocenters. The van der Waals surface area contributed by atoms with E-state index in [0.29, 0.717) is 5.69 Å². The van der Waals surface area contributed by atoms with E-state index in [1.54, 1.807) is 12.1 Å². The maximum atomic E-state index is 8.96. The fourth-order valence-corrected chi connectivity index (χ4v) is 0.859. The fourth-order valence-electron chi connectivity index (χ4n) is 0.733. The molecule has 0 amide bonds. The van der Waals surface area contributed by atoms with Crippen LogP contribution in [0.3, 0.4) is 0 Å². The van der Waals surface area contributed by atoms with E-state index in [9.17, 15) is 0 Å². The summed E-state index contributed by atoms with van der Waals surface area (Å²) in [6.07, 6.45) is 0. The highest BCUT2D eigenvalue weighted by Crippen LogP contribution is 2.16. The standard InChI is InChI=1S/C7H8ClNO2/c8-7(11)9-5-2-1-3-6(10)4-5/h1-4,7,9-11H. The molecule has 1 aromatic carbocycles. The van der Waals surface area contributed by atoms with E-state index >= 15 is 0 Å². The Morgan fingerprint density at radius 3 is 2.73 bits per heavy atom. The fraction of sp³-hybridized carbons (Fsp3) is 0.143. The van der Waals surface area contributed by atoms with Gasteiger partial charge in [-0.15, -0.1) is 0 Å². The molecule has 0 fully saturated rings. The average Bonchev–Trinajstić information content (AvgIpc) is 1.85. The maximum absolute atomic E-state index is 8.96. The summed E-state index contributed by atoms with van der Waals surface area (Å²) in [6, 6.07) is 6.33. The van der Waals surface area contributed by atoms with Crippen molar-refractivity contribution in [3.05, 3.63) is 24.3 Å². The van der Waals surface area contributed by atoms with Crippen molar-refractivity contribution in [2.24, 2.45) is 0 Å². The minimum atomic E-state index is -1.13. The third kappa shape index (κ3) is 2.65. The lowest BCUT2D eigenvalue weighted by molar-refractivity contribution is 0.285. The molecule has 0 aliphatic heterocycles. The molecule has 0 aliphatic carbocycles. The largest absolute Gasteiger partial charge is 0.508 e. The molecule has 3 nitrogen and oxygen atoms in total. The van der Waals surface area contributed by atoms with Crippen molar-refractivity contribution >= 4 is 17.3 Å². The number of phenolic OH excluding ortho intramolecular Hbond substituents is 1. The number of hydrogen-bond donors (Lipinski definition) is 3. The van der Waals surface area contributed by atoms with Crippen LogP contribution in [0.1, 0.15) is 0 Å². The highest BCUT2D eigenvalue weighted by molar-refractivity contribution is 6.20. The van der Waals surface area contributed by atoms with Gasteiger partial charge >= 0.3 is 0 Å². The molecule has 0 spiro atoms. The highest BCUT2D eigenvalue weighted by atomic mass is 35.5. The molecule has 60 valence electrons. The van der Waals surface area contributed by atoms with Gasteiger partial charge in [-0.25, -0.2) is 0 Å². The van der Waals surface area contributed by atoms with Crippen molar-refractivity contribution in [1.82, 2.24) is 0 Å². The Labute approximate surface area is 69.2 Å². The van der Waals surface area contributed by atoms with Gasteiger partial charge in [-0.2, -0.15) is 0 Å². The Kier molecular flexibility index (Phi) is 2.57. The molecule has 11 heavy (non-hydrogen) atoms. The summed E-state index contributed by atoms with van der Waals surface area (Å²) in [4.78, 5) is 0. The third-order valence-corrected chi connectivity index (χ3v) is 1.24. The number of nitrogens with one attached hydrogen (secondary N) is 1. The van der Waals surface area contributed by atoms with E-state index in [4.69, 9.17) is 21.8 Å². The number of benzene rings is 1. The van der Waals surface area contributed by atoms with E-state index in [-0.39, 0.29) is 5.75 Å². The Morgan fingerprint density at radius 1 is 1.45 bits per heavy atom. The predicted octanol–water partition coefficient (Wildman–Crippen LogP) is 1.32. The lowest BCUT2D eigenvalue weighted by atomic mass is 10.3. The molecule has 0 heterocycles. The van der Waals surface area contributed by atoms with Gasteiger partial charge in [-0.05, 0) is 12.1 Å². The van der Waals surface area contributed by atoms with E-state index < -0.39 is 5.69 Å². The molecule has 0 radical (unpaired) electrons. The molecule has 0 aliphatic rings. The molecule has 0 bridgehead atoms. The normalized spacial score (nSPS) is 12.5. The number of rotatable bonds is 2. The number of aliphatic hydroxyl groups excluding tert-OH is 1. The number of alkyl halides is 1. The predicted molar refractivity (Wildman–Crippen MR) is 43.6 cm³/mol. The monoisotopic (exact) mass is 173 g/mol. The quantitative estimate of drug-likeness (QED) is 0.359. The first-order valence-electron chi connectivity index (χ1n) is 3.06. The van der Waals surface area contributed by atoms with Gasteiger partial charge in [0.2, 0.25) is 5.69 Å². The van der Waals surface area contributed by atoms with Crippen LogP contribution in [0.25, 0.3) is 0 Å². The number of hydrogen-bond acceptors (Lipinski definition) is 3. The van der Waals surface area contributed by atoms with Crippen LogP contribution in [-0.2, 0) is 0 Å². The number of aliphatic hydroxyl groups is 1. The Hall–Kier alpha value is -0.930. The lowest BCUT2D eigenvalue weighted by Gasteiger charge is -2.06. The second kappa shape index (κ2) is 3.46. The Balaban J connectivity index is 2.71. The van der Waals surface area contributed by atoms with Crippen molar-refractivity contribution in [3.8, 4) is 5.75 Å². The van der Waals surface area contributed by atoms with E-state index in [0.717, 1.165) is 0 Å². The van der Waals surface area contributed by atoms with Gasteiger partial charge in [0.25, 0.3) is 0 Å². The van der Waals surface area contributed by atoms with Gasteiger partial charge in [0.1, 0.15) is 5.75 Å². The first-order valence-corrected chi connectivity index (χ1v) is 3.50. The maximum Gasteiger partial charge on any atom is 0.203 e. The van der Waals surface area contributed by atoms with Crippen LogP contribution < -0.4 is 5.32 Å². The zero-order valence-electron chi connectivity index (χ0n) is 5.66. The lowest BCUT2D eigenvalue weighted by Crippen LogP contribution is -2.09. The SMILES string of the molecule is Oc1cccc(NC(O)Cl)c1. The number of phenols is 1. The zero-order chi connectivity index (χ0) is 8.27. The molecule has 1 rings (SSSR count). The highest BCUT2D eigenvalue weighted by Gasteiger charge is 1.97. The second-order valence-corrected chi connectivity index (χ2v) is 2.44. The summed E-state index contributed by atoms with van der Waals surface area (Å²) >= 11 is 5.23. The zero-order valence-corrected chi connectivity index (χ0v) is 6.42. The van der Waals surface area contributed by atoms with Gasteiger partial charge in [-0.3, -0.25) is 0 Å². The molecule has 3 N–H and O–H groups in total. The first-order chi connectivity index (χ1) is 5.18. The van der Waals surface area contributed by atoms with E-state index in [2.05, 4.69) is 5.32 Å². The van der Waals surface area contributed by atoms with Crippen molar-refractivity contribution in [1.29, 1.82) is 0 Å². The van der Waals surface area contributed by atoms with Gasteiger partial charge < -0.3 is 15.5 Å². The summed E-state index contributed by atoms with van der Waals surface area (Å²) in [7, 11) is 0. The number of anilines is 1. The Bertz CT molecular complexity index is 240. The van der Waals surface area contributed by atoms with Gasteiger partial charge in [0.15, 0.2) is 0 Å². The summed E-state index contributed by atoms with van der Waals surface area (Å²) in [5.41, 5.74) is -0.552. The van der Waals surface area contributed by atoms with E-state index in [1.807, 2.05) is 0 Å². The van der Waals surface area contributed by atoms with Crippen LogP contribution in [0.5, 0.6) is 5.75 Å². The van der Waals surface area contributed by atoms with E-state index in [1.165, 1.54) is 12.1 Å². The van der Waals surface area contributed by atoms with Crippen molar-refractivity contribution in [3.63, 3.8) is 0 Å². The van der Waals surface area contributed by atoms with Gasteiger partial charge in [0, 0.05) is 11.8 Å². The molecule has 1 aromatic rings. The molecule has 0 aromatic heterocycles. The van der Waals surface area contributed by atoms with Crippen LogP contribution in [0.15, 0.2) is 24.3 Å². The summed E-state index contributed by atoms with van der Waals surface area (Å²) in [5.74, 6) is 0.132. The minimum absolute atomic E-state index is 0.132. The average molecular weight is 174 g/mol. The van der Waals surface area contributed by atoms with Crippen LogP contribution in [-0.4, -0.2) is 15.9 Å². The smallest absolute Gasteiger partial charge is 0.203 e. The Morgan fingerprint density at radius 2 is 2.18 bits per heavy atom. The third-order valence-electron chi connectivity index (χ3n) is 1.13. The summed E-state index contributed by atoms with van der Waals surface area (Å²) in [6.45, 7) is 0. The molecule has 0 saturated heterocycles. The summed E-state index contributed by atoms with van der Waals surface area (Å²) < 4.78 is 0. The van der Waals surface area contributed by atoms with Crippen molar-refractivity contribution in [2.75, 3.05) is 5.32 Å². The topological polar surface area (TPSA) is 52.5 Å². The first kappa shape index (κ1) is 8.17. The second-order valence-electron chi connectivity index (χ2n) is 2.03. The van der Waals surface area contributed by atoms with Gasteiger partial charge in [0.05, 0.1) is 0 Å². The van der Waals surface area contributed by atoms with Crippen LogP contribution in [0, 0.1) is 0 Å². The molecule has 4 heteroatoms. The van der Waals surface area contributed by atoms with Crippen LogP contribution >= 0.6 is 11.6 Å². The summed E-state index contributed by atoms with van der Waals surface area (Å²) in [5, 5.41) is 20.1. The minimum Gasteiger partial charge on any atom is -0.508 e. The number of halogens is 1. The van der Waals surface area contributed by atoms with Crippen molar-refractivity contribution < 1.29 is 10.2 Å². The van der Waals surface area contributed by atoms with Crippen molar-refractivity contribution in [2.45, 2.75) is 5.69 Å². The molecule has 1 unspecified atom stereocenters. The van der Waals surface area contributed by atoms with Crippen LogP contribution in [0.2, 0.25) is 0 Å². The van der Waals surface area contributed by atoms with Crippen LogP contribution in [0.4, 0.5) is 5.69 Å². The molecular formula is C7H8ClNO2. The number of aromatic hydroxyl groups is 1. The van der Waals surface area contributed by atoms with Gasteiger partial charge in [-0.1, -0.05) is 17.7 Å². The molecule has 0 saturated carbocycles.